The number of rotatable bonds is 1. The van der Waals surface area contributed by atoms with E-state index in [9.17, 15) is 9.59 Å². The van der Waals surface area contributed by atoms with Gasteiger partial charge in [-0.2, -0.15) is 5.26 Å². The fourth-order valence-corrected chi connectivity index (χ4v) is 5.14. The van der Waals surface area contributed by atoms with Crippen molar-refractivity contribution in [2.45, 2.75) is 59.3 Å². The molecule has 0 radical (unpaired) electrons. The molecule has 1 heterocycles. The molecule has 0 aromatic heterocycles. The molecular weight excluding hydrogens is 348 g/mol. The zero-order valence-corrected chi connectivity index (χ0v) is 17.0. The third-order valence-electron chi connectivity index (χ3n) is 6.24. The Morgan fingerprint density at radius 1 is 0.929 bits per heavy atom. The molecule has 4 heteroatoms. The van der Waals surface area contributed by atoms with Gasteiger partial charge in [0, 0.05) is 35.7 Å². The maximum absolute atomic E-state index is 13.2. The molecule has 4 rings (SSSR count). The van der Waals surface area contributed by atoms with E-state index < -0.39 is 0 Å². The molecule has 0 spiro atoms. The molecule has 2 atom stereocenters. The number of benzene rings is 1. The minimum atomic E-state index is -0.357. The van der Waals surface area contributed by atoms with Crippen molar-refractivity contribution in [3.63, 3.8) is 0 Å². The summed E-state index contributed by atoms with van der Waals surface area (Å²) in [6.07, 6.45) is 2.52. The van der Waals surface area contributed by atoms with Crippen LogP contribution in [0, 0.1) is 28.1 Å². The fraction of sp³-hybridized carbons (Fsp3) is 0.500. The normalized spacial score (nSPS) is 28.2. The molecule has 0 amide bonds. The summed E-state index contributed by atoms with van der Waals surface area (Å²) in [5.74, 6) is -0.345. The molecule has 2 aliphatic carbocycles. The Morgan fingerprint density at radius 2 is 1.57 bits per heavy atom. The van der Waals surface area contributed by atoms with Crippen LogP contribution in [0.25, 0.3) is 0 Å². The Labute approximate surface area is 166 Å². The second-order valence-corrected chi connectivity index (χ2v) is 10.1. The smallest absolute Gasteiger partial charge is 0.161 e. The summed E-state index contributed by atoms with van der Waals surface area (Å²) in [4.78, 5) is 31.3. The van der Waals surface area contributed by atoms with Gasteiger partial charge in [0.15, 0.2) is 5.78 Å². The molecule has 144 valence electrons. The summed E-state index contributed by atoms with van der Waals surface area (Å²) in [7, 11) is 0. The lowest BCUT2D eigenvalue weighted by atomic mass is 9.60. The van der Waals surface area contributed by atoms with Crippen LogP contribution in [0.2, 0.25) is 0 Å². The van der Waals surface area contributed by atoms with Crippen LogP contribution in [0.1, 0.15) is 70.4 Å². The van der Waals surface area contributed by atoms with Gasteiger partial charge in [-0.05, 0) is 41.4 Å². The molecule has 28 heavy (non-hydrogen) atoms. The first-order valence-corrected chi connectivity index (χ1v) is 9.97. The van der Waals surface area contributed by atoms with Crippen LogP contribution in [0.4, 0.5) is 0 Å². The molecule has 0 unspecified atom stereocenters. The second-order valence-electron chi connectivity index (χ2n) is 10.1. The van der Waals surface area contributed by atoms with E-state index in [2.05, 4.69) is 33.8 Å². The number of ketones is 2. The molecule has 1 saturated carbocycles. The molecule has 1 aromatic carbocycles. The average molecular weight is 374 g/mol. The predicted octanol–water partition coefficient (Wildman–Crippen LogP) is 4.74. The number of nitriles is 1. The minimum absolute atomic E-state index is 0.103. The summed E-state index contributed by atoms with van der Waals surface area (Å²) >= 11 is 0. The van der Waals surface area contributed by atoms with Gasteiger partial charge in [0.25, 0.3) is 0 Å². The molecule has 1 fully saturated rings. The number of hydrogen-bond acceptors (Lipinski definition) is 4. The van der Waals surface area contributed by atoms with Crippen LogP contribution < -0.4 is 0 Å². The third-order valence-corrected chi connectivity index (χ3v) is 6.24. The van der Waals surface area contributed by atoms with Gasteiger partial charge in [-0.3, -0.25) is 14.6 Å². The third kappa shape index (κ3) is 3.13. The molecule has 0 bridgehead atoms. The zero-order chi connectivity index (χ0) is 20.3. The van der Waals surface area contributed by atoms with Crippen molar-refractivity contribution < 1.29 is 9.59 Å². The maximum atomic E-state index is 13.2. The molecule has 3 aliphatic rings. The average Bonchev–Trinajstić information content (AvgIpc) is 2.57. The first kappa shape index (κ1) is 18.8. The number of Topliss-reactive ketones (excluding diaryl/α,β-unsaturated/α-hetero) is 2. The van der Waals surface area contributed by atoms with Crippen LogP contribution in [0.15, 0.2) is 40.5 Å². The maximum Gasteiger partial charge on any atom is 0.161 e. The van der Waals surface area contributed by atoms with Crippen LogP contribution in [-0.2, 0) is 9.59 Å². The van der Waals surface area contributed by atoms with Gasteiger partial charge in [0.05, 0.1) is 17.6 Å². The number of allylic oxidation sites excluding steroid dienone is 2. The second kappa shape index (κ2) is 6.24. The van der Waals surface area contributed by atoms with E-state index in [0.717, 1.165) is 35.4 Å². The largest absolute Gasteiger partial charge is 0.299 e. The lowest BCUT2D eigenvalue weighted by molar-refractivity contribution is -0.124. The van der Waals surface area contributed by atoms with E-state index in [1.807, 2.05) is 12.1 Å². The van der Waals surface area contributed by atoms with Gasteiger partial charge in [0.2, 0.25) is 0 Å². The number of carbonyl (C=O) groups excluding carboxylic acids is 2. The van der Waals surface area contributed by atoms with Crippen LogP contribution in [0.5, 0.6) is 0 Å². The Hall–Kier alpha value is -2.54. The van der Waals surface area contributed by atoms with Gasteiger partial charge in [-0.1, -0.05) is 39.8 Å². The van der Waals surface area contributed by atoms with E-state index in [1.54, 1.807) is 12.1 Å². The van der Waals surface area contributed by atoms with E-state index in [0.29, 0.717) is 18.4 Å². The van der Waals surface area contributed by atoms with Crippen molar-refractivity contribution >= 4 is 17.3 Å². The number of hydrogen-bond donors (Lipinski definition) is 0. The Kier molecular flexibility index (Phi) is 4.19. The number of aliphatic imine (C=N–C) groups is 1. The first-order valence-electron chi connectivity index (χ1n) is 9.97. The van der Waals surface area contributed by atoms with Crippen molar-refractivity contribution in [2.75, 3.05) is 0 Å². The number of carbonyl (C=O) groups is 2. The zero-order valence-electron chi connectivity index (χ0n) is 17.0. The summed E-state index contributed by atoms with van der Waals surface area (Å²) in [6.45, 7) is 8.43. The van der Waals surface area contributed by atoms with Crippen molar-refractivity contribution in [1.82, 2.24) is 0 Å². The lowest BCUT2D eigenvalue weighted by Gasteiger charge is -2.44. The summed E-state index contributed by atoms with van der Waals surface area (Å²) in [5.41, 5.74) is 3.82. The van der Waals surface area contributed by atoms with Gasteiger partial charge in [-0.15, -0.1) is 0 Å². The van der Waals surface area contributed by atoms with Crippen molar-refractivity contribution in [2.24, 2.45) is 21.7 Å². The van der Waals surface area contributed by atoms with Gasteiger partial charge >= 0.3 is 0 Å². The summed E-state index contributed by atoms with van der Waals surface area (Å²) < 4.78 is 0. The van der Waals surface area contributed by atoms with Gasteiger partial charge in [-0.25, -0.2) is 0 Å². The highest BCUT2D eigenvalue weighted by atomic mass is 16.1. The van der Waals surface area contributed by atoms with Crippen molar-refractivity contribution in [1.29, 1.82) is 5.26 Å². The Morgan fingerprint density at radius 3 is 2.21 bits per heavy atom. The monoisotopic (exact) mass is 374 g/mol. The highest BCUT2D eigenvalue weighted by Gasteiger charge is 2.49. The summed E-state index contributed by atoms with van der Waals surface area (Å²) in [6, 6.07) is 9.49. The molecule has 0 saturated heterocycles. The van der Waals surface area contributed by atoms with Crippen molar-refractivity contribution in [3.8, 4) is 6.07 Å². The van der Waals surface area contributed by atoms with Gasteiger partial charge in [0.1, 0.15) is 5.78 Å². The predicted molar refractivity (Wildman–Crippen MR) is 108 cm³/mol. The Balaban J connectivity index is 1.89. The van der Waals surface area contributed by atoms with E-state index >= 15 is 0 Å². The Bertz CT molecular complexity index is 971. The first-order chi connectivity index (χ1) is 13.1. The highest BCUT2D eigenvalue weighted by Crippen LogP contribution is 2.51. The molecule has 0 N–H and O–H groups in total. The van der Waals surface area contributed by atoms with Crippen LogP contribution in [-0.4, -0.2) is 17.3 Å². The topological polar surface area (TPSA) is 70.3 Å². The highest BCUT2D eigenvalue weighted by molar-refractivity contribution is 6.13. The summed E-state index contributed by atoms with van der Waals surface area (Å²) in [5, 5.41) is 9.13. The molecular formula is C24H26N2O2. The number of fused-ring (bicyclic) bond motifs is 1. The fourth-order valence-electron chi connectivity index (χ4n) is 5.14. The van der Waals surface area contributed by atoms with Crippen molar-refractivity contribution in [3.05, 3.63) is 46.7 Å². The molecule has 1 aromatic rings. The van der Waals surface area contributed by atoms with Crippen LogP contribution in [0.3, 0.4) is 0 Å². The molecule has 1 aliphatic heterocycles. The quantitative estimate of drug-likeness (QED) is 0.712. The van der Waals surface area contributed by atoms with E-state index in [-0.39, 0.29) is 34.2 Å². The van der Waals surface area contributed by atoms with E-state index in [1.165, 1.54) is 0 Å². The SMILES string of the molecule is CC1(C)CC(=O)[C@H]2C(=NC3=C(C(=O)CC(C)(C)C3)[C@@H]2c2ccc(C#N)cc2)C1. The minimum Gasteiger partial charge on any atom is -0.299 e. The van der Waals surface area contributed by atoms with Crippen LogP contribution >= 0.6 is 0 Å². The van der Waals surface area contributed by atoms with Gasteiger partial charge < -0.3 is 0 Å². The van der Waals surface area contributed by atoms with E-state index in [4.69, 9.17) is 10.3 Å². The lowest BCUT2D eigenvalue weighted by Crippen LogP contribution is -2.45. The number of nitrogens with zero attached hydrogens (tertiary/aromatic N) is 2. The molecule has 4 nitrogen and oxygen atoms in total. The standard InChI is InChI=1S/C24H26N2O2/c1-23(2)9-16-21(18(27)11-23)20(15-7-5-14(13-25)6-8-15)22-17(26-16)10-24(3,4)12-19(22)28/h5-8,20-21H,9-12H2,1-4H3/t20-,21-/m1/s1.